The second-order valence-electron chi connectivity index (χ2n) is 7.93. The molecule has 152 valence electrons. The molecule has 0 radical (unpaired) electrons. The van der Waals surface area contributed by atoms with Crippen LogP contribution in [0.4, 0.5) is 0 Å². The lowest BCUT2D eigenvalue weighted by molar-refractivity contribution is -0.150. The van der Waals surface area contributed by atoms with Gasteiger partial charge in [-0.05, 0) is 25.8 Å². The van der Waals surface area contributed by atoms with Crippen LogP contribution < -0.4 is 0 Å². The van der Waals surface area contributed by atoms with Gasteiger partial charge in [-0.25, -0.2) is 9.59 Å². The van der Waals surface area contributed by atoms with Gasteiger partial charge in [0, 0.05) is 32.0 Å². The molecule has 3 fully saturated rings. The molecule has 0 amide bonds. The largest absolute Gasteiger partial charge is 0.463 e. The van der Waals surface area contributed by atoms with Crippen molar-refractivity contribution in [3.8, 4) is 0 Å². The van der Waals surface area contributed by atoms with Crippen LogP contribution in [0.15, 0.2) is 23.3 Å². The first-order chi connectivity index (χ1) is 13.3. The molecule has 0 aromatic carbocycles. The Morgan fingerprint density at radius 1 is 1.43 bits per heavy atom. The summed E-state index contributed by atoms with van der Waals surface area (Å²) in [6.45, 7) is 6.21. The van der Waals surface area contributed by atoms with E-state index in [1.807, 2.05) is 6.08 Å². The van der Waals surface area contributed by atoms with Gasteiger partial charge < -0.3 is 18.9 Å². The van der Waals surface area contributed by atoms with E-state index in [9.17, 15) is 14.4 Å². The number of hydrogen-bond donors (Lipinski definition) is 0. The minimum Gasteiger partial charge on any atom is -0.463 e. The van der Waals surface area contributed by atoms with Gasteiger partial charge in [0.15, 0.2) is 5.60 Å². The minimum atomic E-state index is -1.29. The maximum atomic E-state index is 12.9. The van der Waals surface area contributed by atoms with Gasteiger partial charge in [0.25, 0.3) is 0 Å². The van der Waals surface area contributed by atoms with Crippen molar-refractivity contribution in [1.29, 1.82) is 0 Å². The van der Waals surface area contributed by atoms with Gasteiger partial charge in [-0.15, -0.1) is 0 Å². The molecule has 0 aromatic rings. The van der Waals surface area contributed by atoms with Crippen molar-refractivity contribution in [1.82, 2.24) is 4.90 Å². The van der Waals surface area contributed by atoms with Crippen molar-refractivity contribution >= 4 is 17.9 Å². The zero-order chi connectivity index (χ0) is 20.1. The minimum absolute atomic E-state index is 0.0481. The first-order valence-electron chi connectivity index (χ1n) is 9.59. The molecule has 8 heteroatoms. The summed E-state index contributed by atoms with van der Waals surface area (Å²) < 4.78 is 22.3. The van der Waals surface area contributed by atoms with Crippen LogP contribution in [0.5, 0.6) is 0 Å². The maximum Gasteiger partial charge on any atom is 0.341 e. The number of esters is 3. The fraction of sp³-hybridized carbons (Fsp3) is 0.650. The van der Waals surface area contributed by atoms with E-state index >= 15 is 0 Å². The molecule has 4 rings (SSSR count). The van der Waals surface area contributed by atoms with E-state index in [2.05, 4.69) is 4.90 Å². The number of fused-ring (bicyclic) bond motifs is 1. The normalized spacial score (nSPS) is 39.1. The molecule has 0 N–H and O–H groups in total. The van der Waals surface area contributed by atoms with Crippen molar-refractivity contribution in [3.05, 3.63) is 23.3 Å². The summed E-state index contributed by atoms with van der Waals surface area (Å²) in [4.78, 5) is 39.2. The number of carbonyl (C=O) groups is 3. The highest BCUT2D eigenvalue weighted by atomic mass is 16.7. The predicted octanol–water partition coefficient (Wildman–Crippen LogP) is 0.896. The first kappa shape index (κ1) is 19.1. The topological polar surface area (TPSA) is 94.7 Å². The summed E-state index contributed by atoms with van der Waals surface area (Å²) in [5.74, 6) is -1.42. The molecule has 0 aromatic heterocycles. The summed E-state index contributed by atoms with van der Waals surface area (Å²) >= 11 is 0. The second kappa shape index (κ2) is 6.70. The third kappa shape index (κ3) is 2.95. The third-order valence-electron chi connectivity index (χ3n) is 6.25. The van der Waals surface area contributed by atoms with Crippen molar-refractivity contribution in [2.45, 2.75) is 57.0 Å². The van der Waals surface area contributed by atoms with Gasteiger partial charge in [0.1, 0.15) is 24.9 Å². The Morgan fingerprint density at radius 3 is 2.93 bits per heavy atom. The van der Waals surface area contributed by atoms with Gasteiger partial charge in [-0.3, -0.25) is 9.69 Å². The second-order valence-corrected chi connectivity index (χ2v) is 7.93. The van der Waals surface area contributed by atoms with E-state index in [1.54, 1.807) is 19.9 Å². The van der Waals surface area contributed by atoms with Crippen molar-refractivity contribution in [2.24, 2.45) is 0 Å². The maximum absolute atomic E-state index is 12.9. The summed E-state index contributed by atoms with van der Waals surface area (Å²) in [6, 6.07) is -0.0481. The summed E-state index contributed by atoms with van der Waals surface area (Å²) in [7, 11) is 0. The predicted molar refractivity (Wildman–Crippen MR) is 96.1 cm³/mol. The molecule has 3 saturated heterocycles. The molecular formula is C20H25NO7. The van der Waals surface area contributed by atoms with Crippen LogP contribution in [0.1, 0.15) is 33.6 Å². The molecule has 0 bridgehead atoms. The summed E-state index contributed by atoms with van der Waals surface area (Å²) in [5.41, 5.74) is -1.09. The molecule has 0 saturated carbocycles. The van der Waals surface area contributed by atoms with Gasteiger partial charge >= 0.3 is 17.9 Å². The Bertz CT molecular complexity index is 787. The average Bonchev–Trinajstić information content (AvgIpc) is 2.96. The van der Waals surface area contributed by atoms with Crippen molar-refractivity contribution in [2.75, 3.05) is 26.3 Å². The van der Waals surface area contributed by atoms with Crippen LogP contribution in [-0.2, 0) is 33.3 Å². The smallest absolute Gasteiger partial charge is 0.341 e. The molecule has 0 aliphatic carbocycles. The van der Waals surface area contributed by atoms with Crippen LogP contribution in [0.3, 0.4) is 0 Å². The van der Waals surface area contributed by atoms with Gasteiger partial charge in [0.2, 0.25) is 0 Å². The lowest BCUT2D eigenvalue weighted by Crippen LogP contribution is -2.41. The number of cyclic esters (lactones) is 1. The Morgan fingerprint density at radius 2 is 2.21 bits per heavy atom. The quantitative estimate of drug-likeness (QED) is 0.225. The molecule has 8 nitrogen and oxygen atoms in total. The zero-order valence-electron chi connectivity index (χ0n) is 16.4. The Balaban J connectivity index is 1.64. The number of hydrogen-bond acceptors (Lipinski definition) is 8. The number of rotatable bonds is 2. The van der Waals surface area contributed by atoms with Crippen LogP contribution >= 0.6 is 0 Å². The Kier molecular flexibility index (Phi) is 4.58. The van der Waals surface area contributed by atoms with Crippen LogP contribution in [0, 0.1) is 0 Å². The number of epoxide rings is 1. The van der Waals surface area contributed by atoms with Crippen LogP contribution in [-0.4, -0.2) is 72.5 Å². The van der Waals surface area contributed by atoms with E-state index in [0.29, 0.717) is 5.57 Å². The third-order valence-corrected chi connectivity index (χ3v) is 6.25. The van der Waals surface area contributed by atoms with Crippen LogP contribution in [0.25, 0.3) is 0 Å². The molecule has 4 unspecified atom stereocenters. The molecule has 4 aliphatic rings. The first-order valence-corrected chi connectivity index (χ1v) is 9.59. The lowest BCUT2D eigenvalue weighted by atomic mass is 9.88. The molecular weight excluding hydrogens is 366 g/mol. The molecule has 4 atom stereocenters. The lowest BCUT2D eigenvalue weighted by Gasteiger charge is -2.26. The zero-order valence-corrected chi connectivity index (χ0v) is 16.4. The van der Waals surface area contributed by atoms with E-state index in [0.717, 1.165) is 25.1 Å². The fourth-order valence-corrected chi connectivity index (χ4v) is 4.46. The van der Waals surface area contributed by atoms with Crippen molar-refractivity contribution in [3.63, 3.8) is 0 Å². The number of ether oxygens (including phenoxy) is 4. The van der Waals surface area contributed by atoms with E-state index < -0.39 is 29.1 Å². The Labute approximate surface area is 163 Å². The average molecular weight is 391 g/mol. The highest BCUT2D eigenvalue weighted by Crippen LogP contribution is 2.53. The van der Waals surface area contributed by atoms with Gasteiger partial charge in [0.05, 0.1) is 6.04 Å². The SMILES string of the molecule is CC=C1CC2(COC(C)=O)OC2(C)C(=O)OCC2=CCN3CCC(OC1=O)C23. The van der Waals surface area contributed by atoms with Crippen molar-refractivity contribution < 1.29 is 33.3 Å². The highest BCUT2D eigenvalue weighted by Gasteiger charge is 2.73. The summed E-state index contributed by atoms with van der Waals surface area (Å²) in [6.07, 6.45) is 4.26. The summed E-state index contributed by atoms with van der Waals surface area (Å²) in [5, 5.41) is 0. The molecule has 0 spiro atoms. The monoisotopic (exact) mass is 391 g/mol. The molecule has 28 heavy (non-hydrogen) atoms. The highest BCUT2D eigenvalue weighted by molar-refractivity contribution is 5.90. The number of nitrogens with zero attached hydrogens (tertiary/aromatic N) is 1. The number of carbonyl (C=O) groups excluding carboxylic acids is 3. The van der Waals surface area contributed by atoms with Gasteiger partial charge in [-0.2, -0.15) is 0 Å². The number of allylic oxidation sites excluding steroid dienone is 1. The van der Waals surface area contributed by atoms with Gasteiger partial charge in [-0.1, -0.05) is 12.2 Å². The van der Waals surface area contributed by atoms with E-state index in [1.165, 1.54) is 6.92 Å². The van der Waals surface area contributed by atoms with E-state index in [4.69, 9.17) is 18.9 Å². The molecule has 4 aliphatic heterocycles. The van der Waals surface area contributed by atoms with E-state index in [-0.39, 0.29) is 31.8 Å². The van der Waals surface area contributed by atoms with Crippen LogP contribution in [0.2, 0.25) is 0 Å². The Hall–Kier alpha value is -2.19. The fourth-order valence-electron chi connectivity index (χ4n) is 4.46. The standard InChI is InChI=1S/C20H25NO7/c1-4-13-9-20(11-26-12(2)22)19(3,28-20)18(24)25-10-14-5-7-21-8-6-15(16(14)21)27-17(13)23/h4-5,15-16H,6-11H2,1-3H3. The molecule has 4 heterocycles.